The minimum atomic E-state index is 0.579. The fourth-order valence-electron chi connectivity index (χ4n) is 2.30. The van der Waals surface area contributed by atoms with Gasteiger partial charge in [-0.1, -0.05) is 12.1 Å². The molecule has 0 atom stereocenters. The monoisotopic (exact) mass is 254 g/mol. The van der Waals surface area contributed by atoms with Gasteiger partial charge in [0.2, 0.25) is 5.95 Å². The third kappa shape index (κ3) is 2.23. The first-order chi connectivity index (χ1) is 9.29. The normalized spacial score (nSPS) is 18.6. The average molecular weight is 254 g/mol. The first-order valence-corrected chi connectivity index (χ1v) is 7.10. The molecule has 4 rings (SSSR count). The Morgan fingerprint density at radius 3 is 2.47 bits per heavy atom. The van der Waals surface area contributed by atoms with Crippen LogP contribution in [-0.2, 0) is 0 Å². The zero-order valence-electron chi connectivity index (χ0n) is 11.1. The van der Waals surface area contributed by atoms with E-state index in [1.54, 1.807) is 0 Å². The summed E-state index contributed by atoms with van der Waals surface area (Å²) in [7, 11) is 0. The van der Waals surface area contributed by atoms with Crippen LogP contribution < -0.4 is 10.6 Å². The van der Waals surface area contributed by atoms with Crippen LogP contribution in [0.15, 0.2) is 18.2 Å². The summed E-state index contributed by atoms with van der Waals surface area (Å²) in [6.07, 6.45) is 4.98. The molecule has 4 nitrogen and oxygen atoms in total. The van der Waals surface area contributed by atoms with Gasteiger partial charge in [0.05, 0.1) is 5.52 Å². The maximum absolute atomic E-state index is 4.68. The number of nitrogens with one attached hydrogen (secondary N) is 2. The predicted molar refractivity (Wildman–Crippen MR) is 77.6 cm³/mol. The second kappa shape index (κ2) is 4.08. The van der Waals surface area contributed by atoms with Crippen LogP contribution in [0, 0.1) is 6.92 Å². The number of benzene rings is 1. The quantitative estimate of drug-likeness (QED) is 0.880. The second-order valence-corrected chi connectivity index (χ2v) is 5.70. The molecule has 0 aliphatic heterocycles. The van der Waals surface area contributed by atoms with Crippen LogP contribution in [0.2, 0.25) is 0 Å². The molecule has 0 bridgehead atoms. The lowest BCUT2D eigenvalue weighted by Gasteiger charge is -2.12. The average Bonchev–Trinajstić information content (AvgIpc) is 3.26. The van der Waals surface area contributed by atoms with Crippen molar-refractivity contribution in [1.29, 1.82) is 0 Å². The van der Waals surface area contributed by atoms with E-state index < -0.39 is 0 Å². The Kier molecular flexibility index (Phi) is 2.37. The summed E-state index contributed by atoms with van der Waals surface area (Å²) < 4.78 is 0. The topological polar surface area (TPSA) is 49.8 Å². The third-order valence-corrected chi connectivity index (χ3v) is 3.76. The number of para-hydroxylation sites is 1. The maximum atomic E-state index is 4.68. The molecule has 2 aliphatic carbocycles. The van der Waals surface area contributed by atoms with E-state index in [0.717, 1.165) is 22.7 Å². The summed E-state index contributed by atoms with van der Waals surface area (Å²) >= 11 is 0. The van der Waals surface area contributed by atoms with Gasteiger partial charge in [-0.05, 0) is 44.2 Å². The molecule has 0 unspecified atom stereocenters. The molecule has 0 spiro atoms. The van der Waals surface area contributed by atoms with Crippen molar-refractivity contribution in [3.05, 3.63) is 23.8 Å². The fourth-order valence-corrected chi connectivity index (χ4v) is 2.30. The van der Waals surface area contributed by atoms with E-state index >= 15 is 0 Å². The number of fused-ring (bicyclic) bond motifs is 1. The van der Waals surface area contributed by atoms with Crippen molar-refractivity contribution in [2.45, 2.75) is 44.7 Å². The van der Waals surface area contributed by atoms with E-state index in [4.69, 9.17) is 0 Å². The molecule has 4 heteroatoms. The molecule has 0 radical (unpaired) electrons. The van der Waals surface area contributed by atoms with E-state index in [0.29, 0.717) is 12.1 Å². The van der Waals surface area contributed by atoms with Crippen LogP contribution in [0.25, 0.3) is 10.9 Å². The maximum Gasteiger partial charge on any atom is 0.225 e. The number of aryl methyl sites for hydroxylation is 1. The minimum absolute atomic E-state index is 0.579. The van der Waals surface area contributed by atoms with Crippen molar-refractivity contribution in [3.63, 3.8) is 0 Å². The Labute approximate surface area is 112 Å². The summed E-state index contributed by atoms with van der Waals surface area (Å²) in [6, 6.07) is 7.47. The molecule has 2 fully saturated rings. The zero-order chi connectivity index (χ0) is 12.8. The molecule has 0 saturated heterocycles. The van der Waals surface area contributed by atoms with Crippen LogP contribution in [0.5, 0.6) is 0 Å². The molecule has 1 aromatic carbocycles. The highest BCUT2D eigenvalue weighted by atomic mass is 15.2. The fraction of sp³-hybridized carbons (Fsp3) is 0.467. The molecule has 1 heterocycles. The molecule has 1 aromatic heterocycles. The van der Waals surface area contributed by atoms with Crippen molar-refractivity contribution in [2.75, 3.05) is 10.6 Å². The summed E-state index contributed by atoms with van der Waals surface area (Å²) in [5.74, 6) is 1.76. The number of hydrogen-bond donors (Lipinski definition) is 2. The lowest BCUT2D eigenvalue weighted by atomic mass is 10.1. The van der Waals surface area contributed by atoms with Crippen molar-refractivity contribution < 1.29 is 0 Å². The van der Waals surface area contributed by atoms with Crippen molar-refractivity contribution in [3.8, 4) is 0 Å². The molecule has 2 aliphatic rings. The molecule has 2 N–H and O–H groups in total. The summed E-state index contributed by atoms with van der Waals surface area (Å²) in [6.45, 7) is 2.11. The van der Waals surface area contributed by atoms with Gasteiger partial charge in [-0.25, -0.2) is 4.98 Å². The Bertz CT molecular complexity index is 629. The first-order valence-electron chi connectivity index (χ1n) is 7.10. The van der Waals surface area contributed by atoms with Gasteiger partial charge in [-0.2, -0.15) is 4.98 Å². The van der Waals surface area contributed by atoms with Gasteiger partial charge in [0.1, 0.15) is 5.82 Å². The highest BCUT2D eigenvalue weighted by molar-refractivity contribution is 5.92. The third-order valence-electron chi connectivity index (χ3n) is 3.76. The minimum Gasteiger partial charge on any atom is -0.367 e. The van der Waals surface area contributed by atoms with E-state index in [1.165, 1.54) is 31.2 Å². The first kappa shape index (κ1) is 11.0. The van der Waals surface area contributed by atoms with Crippen LogP contribution in [0.4, 0.5) is 11.8 Å². The van der Waals surface area contributed by atoms with Crippen LogP contribution in [0.1, 0.15) is 31.2 Å². The summed E-state index contributed by atoms with van der Waals surface area (Å²) in [5.41, 5.74) is 2.27. The molecule has 0 amide bonds. The predicted octanol–water partition coefficient (Wildman–Crippen LogP) is 3.09. The molecular formula is C15H18N4. The lowest BCUT2D eigenvalue weighted by molar-refractivity contribution is 1.05. The highest BCUT2D eigenvalue weighted by Gasteiger charge is 2.25. The number of rotatable bonds is 4. The van der Waals surface area contributed by atoms with E-state index in [1.807, 2.05) is 0 Å². The Morgan fingerprint density at radius 1 is 1.00 bits per heavy atom. The second-order valence-electron chi connectivity index (χ2n) is 5.70. The number of nitrogens with zero attached hydrogens (tertiary/aromatic N) is 2. The van der Waals surface area contributed by atoms with Gasteiger partial charge in [0, 0.05) is 17.5 Å². The molecule has 19 heavy (non-hydrogen) atoms. The van der Waals surface area contributed by atoms with Gasteiger partial charge in [-0.3, -0.25) is 0 Å². The Hall–Kier alpha value is -1.84. The Balaban J connectivity index is 1.81. The van der Waals surface area contributed by atoms with Crippen molar-refractivity contribution in [1.82, 2.24) is 9.97 Å². The number of aromatic nitrogens is 2. The largest absolute Gasteiger partial charge is 0.367 e. The Morgan fingerprint density at radius 2 is 1.74 bits per heavy atom. The van der Waals surface area contributed by atoms with Gasteiger partial charge < -0.3 is 10.6 Å². The van der Waals surface area contributed by atoms with Gasteiger partial charge >= 0.3 is 0 Å². The standard InChI is InChI=1S/C15H18N4/c1-9-3-2-4-12-13(9)18-15(17-11-7-8-11)19-14(12)16-10-5-6-10/h2-4,10-11H,5-8H2,1H3,(H2,16,17,18,19). The summed E-state index contributed by atoms with van der Waals surface area (Å²) in [4.78, 5) is 9.35. The van der Waals surface area contributed by atoms with E-state index in [-0.39, 0.29) is 0 Å². The number of anilines is 2. The zero-order valence-corrected chi connectivity index (χ0v) is 11.1. The van der Waals surface area contributed by atoms with Crippen LogP contribution in [-0.4, -0.2) is 22.1 Å². The van der Waals surface area contributed by atoms with Gasteiger partial charge in [0.15, 0.2) is 0 Å². The van der Waals surface area contributed by atoms with Crippen LogP contribution >= 0.6 is 0 Å². The molecule has 98 valence electrons. The van der Waals surface area contributed by atoms with E-state index in [9.17, 15) is 0 Å². The summed E-state index contributed by atoms with van der Waals surface area (Å²) in [5, 5.41) is 8.07. The van der Waals surface area contributed by atoms with E-state index in [2.05, 4.69) is 45.7 Å². The molecular weight excluding hydrogens is 236 g/mol. The molecule has 2 saturated carbocycles. The van der Waals surface area contributed by atoms with Crippen molar-refractivity contribution in [2.24, 2.45) is 0 Å². The van der Waals surface area contributed by atoms with Crippen molar-refractivity contribution >= 4 is 22.7 Å². The molecule has 2 aromatic rings. The smallest absolute Gasteiger partial charge is 0.225 e. The SMILES string of the molecule is Cc1cccc2c(NC3CC3)nc(NC3CC3)nc12. The van der Waals surface area contributed by atoms with Gasteiger partial charge in [-0.15, -0.1) is 0 Å². The van der Waals surface area contributed by atoms with Crippen LogP contribution in [0.3, 0.4) is 0 Å². The highest BCUT2D eigenvalue weighted by Crippen LogP contribution is 2.31. The lowest BCUT2D eigenvalue weighted by Crippen LogP contribution is -2.10. The van der Waals surface area contributed by atoms with Gasteiger partial charge in [0.25, 0.3) is 0 Å². The number of hydrogen-bond acceptors (Lipinski definition) is 4.